The number of nitrogens with one attached hydrogen (secondary N) is 2. The van der Waals surface area contributed by atoms with Gasteiger partial charge < -0.3 is 19.9 Å². The first-order valence-corrected chi connectivity index (χ1v) is 7.61. The molecule has 0 aliphatic rings. The van der Waals surface area contributed by atoms with Crippen molar-refractivity contribution in [1.29, 1.82) is 0 Å². The Balaban J connectivity index is 2.83. The van der Waals surface area contributed by atoms with Crippen molar-refractivity contribution in [1.82, 2.24) is 5.32 Å². The quantitative estimate of drug-likeness (QED) is 0.343. The number of anilines is 1. The maximum Gasteiger partial charge on any atom is 0.319 e. The Hall–Kier alpha value is -2.62. The molecule has 0 heterocycles. The highest BCUT2D eigenvalue weighted by atomic mass is 19.2. The molecular formula is C16H21F3N3O4+. The Labute approximate surface area is 148 Å². The zero-order valence-electron chi connectivity index (χ0n) is 14.9. The second-order valence-corrected chi connectivity index (χ2v) is 6.66. The van der Waals surface area contributed by atoms with E-state index in [1.165, 1.54) is 0 Å². The number of nitrogens with zero attached hydrogens (tertiary/aromatic N) is 1. The van der Waals surface area contributed by atoms with E-state index >= 15 is 0 Å². The summed E-state index contributed by atoms with van der Waals surface area (Å²) in [6.45, 7) is 1.35. The average Bonchev–Trinajstić information content (AvgIpc) is 2.45. The van der Waals surface area contributed by atoms with Gasteiger partial charge in [-0.3, -0.25) is 9.59 Å². The number of carbonyl (C=O) groups is 3. The third-order valence-electron chi connectivity index (χ3n) is 3.06. The summed E-state index contributed by atoms with van der Waals surface area (Å²) in [6, 6.07) is -0.146. The van der Waals surface area contributed by atoms with Crippen molar-refractivity contribution in [2.45, 2.75) is 19.4 Å². The van der Waals surface area contributed by atoms with Gasteiger partial charge in [-0.2, -0.15) is 0 Å². The van der Waals surface area contributed by atoms with E-state index in [-0.39, 0.29) is 13.0 Å². The molecule has 0 radical (unpaired) electrons. The predicted octanol–water partition coefficient (Wildman–Crippen LogP) is 1.78. The van der Waals surface area contributed by atoms with Crippen molar-refractivity contribution in [3.05, 3.63) is 29.6 Å². The molecule has 1 aromatic rings. The molecule has 1 atom stereocenters. The second-order valence-electron chi connectivity index (χ2n) is 6.66. The molecule has 0 saturated carbocycles. The lowest BCUT2D eigenvalue weighted by molar-refractivity contribution is -0.871. The molecule has 0 aliphatic carbocycles. The minimum absolute atomic E-state index is 0.278. The maximum atomic E-state index is 13.6. The van der Waals surface area contributed by atoms with Crippen LogP contribution in [0.3, 0.4) is 0 Å². The van der Waals surface area contributed by atoms with Gasteiger partial charge in [0.05, 0.1) is 45.8 Å². The first-order chi connectivity index (χ1) is 11.9. The molecule has 0 saturated heterocycles. The van der Waals surface area contributed by atoms with Gasteiger partial charge in [-0.15, -0.1) is 0 Å². The standard InChI is InChI=1S/C16H20F3N3O4/c1-9(23)26-13(24)7-10(8-22(2,3)4)20-16(25)21-12-6-5-11(17)14(18)15(12)19/h5-6,10H,7-8H2,1-4H3,(H-,20,21,25)/p+1/t10-/m1/s1. The molecule has 2 amide bonds. The Morgan fingerprint density at radius 3 is 2.27 bits per heavy atom. The van der Waals surface area contributed by atoms with Gasteiger partial charge in [0.15, 0.2) is 17.5 Å². The topological polar surface area (TPSA) is 84.5 Å². The van der Waals surface area contributed by atoms with Gasteiger partial charge in [-0.1, -0.05) is 0 Å². The Morgan fingerprint density at radius 1 is 1.12 bits per heavy atom. The van der Waals surface area contributed by atoms with Crippen LogP contribution in [-0.2, 0) is 14.3 Å². The van der Waals surface area contributed by atoms with Crippen molar-refractivity contribution in [2.24, 2.45) is 0 Å². The van der Waals surface area contributed by atoms with Crippen LogP contribution in [0.15, 0.2) is 12.1 Å². The van der Waals surface area contributed by atoms with E-state index < -0.39 is 47.2 Å². The Kier molecular flexibility index (Phi) is 7.13. The lowest BCUT2D eigenvalue weighted by Crippen LogP contribution is -2.50. The lowest BCUT2D eigenvalue weighted by Gasteiger charge is -2.29. The summed E-state index contributed by atoms with van der Waals surface area (Å²) in [4.78, 5) is 34.5. The van der Waals surface area contributed by atoms with Crippen LogP contribution in [0.5, 0.6) is 0 Å². The number of hydrogen-bond donors (Lipinski definition) is 2. The van der Waals surface area contributed by atoms with E-state index in [2.05, 4.69) is 15.4 Å². The molecule has 26 heavy (non-hydrogen) atoms. The summed E-state index contributed by atoms with van der Waals surface area (Å²) in [5.74, 6) is -6.26. The van der Waals surface area contributed by atoms with Gasteiger partial charge in [-0.05, 0) is 12.1 Å². The molecule has 1 rings (SSSR count). The molecule has 2 N–H and O–H groups in total. The number of likely N-dealkylation sites (N-methyl/N-ethyl adjacent to an activating group) is 1. The second kappa shape index (κ2) is 8.65. The van der Waals surface area contributed by atoms with Crippen molar-refractivity contribution < 1.29 is 36.8 Å². The minimum Gasteiger partial charge on any atom is -0.393 e. The zero-order chi connectivity index (χ0) is 20.1. The molecule has 7 nitrogen and oxygen atoms in total. The van der Waals surface area contributed by atoms with Crippen molar-refractivity contribution in [3.8, 4) is 0 Å². The first-order valence-electron chi connectivity index (χ1n) is 7.61. The molecule has 0 aliphatic heterocycles. The zero-order valence-corrected chi connectivity index (χ0v) is 14.9. The average molecular weight is 376 g/mol. The fourth-order valence-electron chi connectivity index (χ4n) is 2.19. The van der Waals surface area contributed by atoms with Gasteiger partial charge in [0.1, 0.15) is 0 Å². The minimum atomic E-state index is -1.71. The van der Waals surface area contributed by atoms with Crippen molar-refractivity contribution in [3.63, 3.8) is 0 Å². The summed E-state index contributed by atoms with van der Waals surface area (Å²) in [5.41, 5.74) is -0.559. The lowest BCUT2D eigenvalue weighted by atomic mass is 10.2. The van der Waals surface area contributed by atoms with E-state index in [4.69, 9.17) is 0 Å². The molecule has 1 aromatic carbocycles. The van der Waals surface area contributed by atoms with Crippen LogP contribution in [0.4, 0.5) is 23.7 Å². The summed E-state index contributed by atoms with van der Waals surface area (Å²) < 4.78 is 44.5. The highest BCUT2D eigenvalue weighted by Gasteiger charge is 2.25. The smallest absolute Gasteiger partial charge is 0.319 e. The third-order valence-corrected chi connectivity index (χ3v) is 3.06. The molecule has 0 bridgehead atoms. The van der Waals surface area contributed by atoms with Crippen LogP contribution in [0, 0.1) is 17.5 Å². The molecule has 0 unspecified atom stereocenters. The molecule has 10 heteroatoms. The number of benzene rings is 1. The van der Waals surface area contributed by atoms with Crippen LogP contribution in [0.2, 0.25) is 0 Å². The maximum absolute atomic E-state index is 13.6. The summed E-state index contributed by atoms with van der Waals surface area (Å²) in [6.07, 6.45) is -0.303. The number of esters is 2. The number of hydrogen-bond acceptors (Lipinski definition) is 4. The van der Waals surface area contributed by atoms with E-state index in [0.29, 0.717) is 10.5 Å². The highest BCUT2D eigenvalue weighted by molar-refractivity contribution is 5.90. The summed E-state index contributed by atoms with van der Waals surface area (Å²) in [5, 5.41) is 4.48. The highest BCUT2D eigenvalue weighted by Crippen LogP contribution is 2.19. The summed E-state index contributed by atoms with van der Waals surface area (Å²) >= 11 is 0. The molecule has 0 spiro atoms. The number of halogens is 3. The molecule has 0 aromatic heterocycles. The van der Waals surface area contributed by atoms with Crippen LogP contribution in [0.1, 0.15) is 13.3 Å². The summed E-state index contributed by atoms with van der Waals surface area (Å²) in [7, 11) is 5.41. The van der Waals surface area contributed by atoms with Crippen molar-refractivity contribution in [2.75, 3.05) is 33.0 Å². The largest absolute Gasteiger partial charge is 0.393 e. The number of urea groups is 1. The first kappa shape index (κ1) is 21.4. The normalized spacial score (nSPS) is 12.3. The van der Waals surface area contributed by atoms with Gasteiger partial charge in [0.25, 0.3) is 0 Å². The van der Waals surface area contributed by atoms with Gasteiger partial charge >= 0.3 is 18.0 Å². The fourth-order valence-corrected chi connectivity index (χ4v) is 2.19. The van der Waals surface area contributed by atoms with Crippen molar-refractivity contribution >= 4 is 23.7 Å². The number of amides is 2. The molecule has 0 fully saturated rings. The Morgan fingerprint density at radius 2 is 1.73 bits per heavy atom. The number of carbonyl (C=O) groups excluding carboxylic acids is 3. The van der Waals surface area contributed by atoms with Crippen LogP contribution >= 0.6 is 0 Å². The number of ether oxygens (including phenoxy) is 1. The Bertz CT molecular complexity index is 705. The number of quaternary nitrogens is 1. The van der Waals surface area contributed by atoms with Crippen LogP contribution < -0.4 is 10.6 Å². The van der Waals surface area contributed by atoms with Gasteiger partial charge in [0, 0.05) is 6.92 Å². The van der Waals surface area contributed by atoms with E-state index in [9.17, 15) is 27.6 Å². The van der Waals surface area contributed by atoms with E-state index in [1.807, 2.05) is 0 Å². The van der Waals surface area contributed by atoms with Gasteiger partial charge in [0.2, 0.25) is 0 Å². The third kappa shape index (κ3) is 7.09. The number of rotatable bonds is 6. The van der Waals surface area contributed by atoms with Gasteiger partial charge in [-0.25, -0.2) is 18.0 Å². The van der Waals surface area contributed by atoms with Crippen LogP contribution in [-0.4, -0.2) is 56.2 Å². The monoisotopic (exact) mass is 376 g/mol. The van der Waals surface area contributed by atoms with E-state index in [1.54, 1.807) is 21.1 Å². The fraction of sp³-hybridized carbons (Fsp3) is 0.438. The SMILES string of the molecule is CC(=O)OC(=O)C[C@H](C[N+](C)(C)C)NC(=O)Nc1ccc(F)c(F)c1F. The molecule has 144 valence electrons. The van der Waals surface area contributed by atoms with Crippen LogP contribution in [0.25, 0.3) is 0 Å². The predicted molar refractivity (Wildman–Crippen MR) is 86.5 cm³/mol. The molecular weight excluding hydrogens is 355 g/mol. The van der Waals surface area contributed by atoms with E-state index in [0.717, 1.165) is 13.0 Å².